The molecule has 3 nitrogen and oxygen atoms in total. The summed E-state index contributed by atoms with van der Waals surface area (Å²) < 4.78 is 38.6. The number of rotatable bonds is 9. The summed E-state index contributed by atoms with van der Waals surface area (Å²) in [6.07, 6.45) is -2.39. The van der Waals surface area contributed by atoms with Crippen LogP contribution in [0.4, 0.5) is 18.9 Å². The van der Waals surface area contributed by atoms with Crippen LogP contribution < -0.4 is 4.90 Å². The summed E-state index contributed by atoms with van der Waals surface area (Å²) in [6.45, 7) is 7.14. The molecule has 0 aliphatic rings. The van der Waals surface area contributed by atoms with E-state index in [0.717, 1.165) is 41.4 Å². The minimum Gasteiger partial charge on any atom is -0.375 e. The van der Waals surface area contributed by atoms with E-state index in [1.54, 1.807) is 0 Å². The summed E-state index contributed by atoms with van der Waals surface area (Å²) >= 11 is 1.45. The first kappa shape index (κ1) is 25.0. The fraction of sp³-hybridized carbons (Fsp3) is 0.385. The Morgan fingerprint density at radius 2 is 1.70 bits per heavy atom. The van der Waals surface area contributed by atoms with Gasteiger partial charge in [0.05, 0.1) is 11.3 Å². The molecule has 176 valence electrons. The van der Waals surface area contributed by atoms with Gasteiger partial charge in [-0.1, -0.05) is 32.9 Å². The number of aryl methyl sites for hydroxylation is 1. The summed E-state index contributed by atoms with van der Waals surface area (Å²) in [7, 11) is 2.03. The molecule has 0 spiro atoms. The number of carbonyl (C=O) groups is 1. The fourth-order valence-electron chi connectivity index (χ4n) is 3.66. The van der Waals surface area contributed by atoms with Crippen molar-refractivity contribution >= 4 is 22.8 Å². The maximum absolute atomic E-state index is 12.9. The van der Waals surface area contributed by atoms with E-state index in [4.69, 9.17) is 4.98 Å². The van der Waals surface area contributed by atoms with Gasteiger partial charge < -0.3 is 4.90 Å². The van der Waals surface area contributed by atoms with Gasteiger partial charge in [0.25, 0.3) is 0 Å². The fourth-order valence-corrected chi connectivity index (χ4v) is 4.88. The Bertz CT molecular complexity index is 1070. The lowest BCUT2D eigenvalue weighted by Crippen LogP contribution is -2.17. The van der Waals surface area contributed by atoms with E-state index in [-0.39, 0.29) is 11.7 Å². The molecule has 33 heavy (non-hydrogen) atoms. The van der Waals surface area contributed by atoms with E-state index >= 15 is 0 Å². The third-order valence-electron chi connectivity index (χ3n) is 5.50. The maximum atomic E-state index is 12.9. The Balaban J connectivity index is 1.73. The third kappa shape index (κ3) is 6.22. The molecule has 0 bridgehead atoms. The molecule has 0 radical (unpaired) electrons. The van der Waals surface area contributed by atoms with Crippen molar-refractivity contribution in [2.75, 3.05) is 18.5 Å². The molecule has 1 heterocycles. The van der Waals surface area contributed by atoms with E-state index < -0.39 is 11.7 Å². The van der Waals surface area contributed by atoms with Gasteiger partial charge in [0.15, 0.2) is 5.78 Å². The van der Waals surface area contributed by atoms with Gasteiger partial charge in [-0.15, -0.1) is 11.3 Å². The number of anilines is 1. The second-order valence-corrected chi connectivity index (χ2v) is 9.53. The highest BCUT2D eigenvalue weighted by atomic mass is 32.1. The summed E-state index contributed by atoms with van der Waals surface area (Å²) in [5, 5.41) is 0.679. The first-order valence-electron chi connectivity index (χ1n) is 11.1. The summed E-state index contributed by atoms with van der Waals surface area (Å²) in [5.74, 6) is 0.224. The van der Waals surface area contributed by atoms with Gasteiger partial charge in [0.2, 0.25) is 0 Å². The van der Waals surface area contributed by atoms with Crippen molar-refractivity contribution in [3.05, 3.63) is 70.2 Å². The number of thiazole rings is 1. The topological polar surface area (TPSA) is 33.2 Å². The first-order valence-corrected chi connectivity index (χ1v) is 11.9. The van der Waals surface area contributed by atoms with Gasteiger partial charge in [-0.3, -0.25) is 4.79 Å². The number of hydrogen-bond acceptors (Lipinski definition) is 4. The second-order valence-electron chi connectivity index (χ2n) is 8.45. The minimum absolute atomic E-state index is 0.0684. The van der Waals surface area contributed by atoms with Gasteiger partial charge in [0, 0.05) is 41.7 Å². The lowest BCUT2D eigenvalue weighted by atomic mass is 10.0. The molecule has 0 N–H and O–H groups in total. The molecule has 7 heteroatoms. The van der Waals surface area contributed by atoms with Crippen LogP contribution in [0.3, 0.4) is 0 Å². The van der Waals surface area contributed by atoms with Crippen LogP contribution in [0.1, 0.15) is 66.0 Å². The van der Waals surface area contributed by atoms with Crippen molar-refractivity contribution in [3.63, 3.8) is 0 Å². The Kier molecular flexibility index (Phi) is 7.95. The monoisotopic (exact) mass is 474 g/mol. The Labute approximate surface area is 197 Å². The number of alkyl halides is 3. The van der Waals surface area contributed by atoms with Crippen LogP contribution in [-0.2, 0) is 12.6 Å². The highest BCUT2D eigenvalue weighted by Crippen LogP contribution is 2.35. The molecule has 0 saturated heterocycles. The quantitative estimate of drug-likeness (QED) is 0.299. The van der Waals surface area contributed by atoms with Gasteiger partial charge in [0.1, 0.15) is 5.01 Å². The first-order chi connectivity index (χ1) is 15.6. The van der Waals surface area contributed by atoms with Crippen LogP contribution in [0.2, 0.25) is 0 Å². The summed E-state index contributed by atoms with van der Waals surface area (Å²) in [5.41, 5.74) is 2.64. The summed E-state index contributed by atoms with van der Waals surface area (Å²) in [4.78, 5) is 20.6. The van der Waals surface area contributed by atoms with Crippen LogP contribution in [0.15, 0.2) is 48.5 Å². The molecular weight excluding hydrogens is 445 g/mol. The van der Waals surface area contributed by atoms with E-state index in [2.05, 4.69) is 11.8 Å². The predicted molar refractivity (Wildman–Crippen MR) is 129 cm³/mol. The second kappa shape index (κ2) is 10.5. The normalized spacial score (nSPS) is 11.8. The smallest absolute Gasteiger partial charge is 0.375 e. The number of hydrogen-bond donors (Lipinski definition) is 0. The molecule has 0 amide bonds. The van der Waals surface area contributed by atoms with Gasteiger partial charge in [-0.25, -0.2) is 4.98 Å². The largest absolute Gasteiger partial charge is 0.416 e. The number of ketones is 1. The van der Waals surface area contributed by atoms with E-state index in [1.165, 1.54) is 23.5 Å². The zero-order valence-corrected chi connectivity index (χ0v) is 20.2. The molecule has 3 aromatic rings. The standard InChI is InChI=1S/C26H29F3N2OS/c1-5-16-31(4)21-12-8-18(9-13-21)22(32)14-15-23-24(17(2)3)30-25(33-23)19-6-10-20(11-7-19)26(27,28)29/h6-13,17H,5,14-16H2,1-4H3. The van der Waals surface area contributed by atoms with Crippen LogP contribution >= 0.6 is 11.3 Å². The Morgan fingerprint density at radius 3 is 2.24 bits per heavy atom. The van der Waals surface area contributed by atoms with Crippen molar-refractivity contribution in [2.24, 2.45) is 0 Å². The van der Waals surface area contributed by atoms with Crippen LogP contribution in [-0.4, -0.2) is 24.4 Å². The molecule has 2 aromatic carbocycles. The van der Waals surface area contributed by atoms with E-state index in [1.807, 2.05) is 45.2 Å². The van der Waals surface area contributed by atoms with Crippen molar-refractivity contribution in [3.8, 4) is 10.6 Å². The van der Waals surface area contributed by atoms with Gasteiger partial charge in [-0.2, -0.15) is 13.2 Å². The number of aromatic nitrogens is 1. The molecular formula is C26H29F3N2OS. The highest BCUT2D eigenvalue weighted by molar-refractivity contribution is 7.15. The van der Waals surface area contributed by atoms with E-state index in [0.29, 0.717) is 29.0 Å². The van der Waals surface area contributed by atoms with Crippen molar-refractivity contribution in [1.29, 1.82) is 0 Å². The predicted octanol–water partition coefficient (Wildman–Crippen LogP) is 7.61. The molecule has 3 rings (SSSR count). The number of nitrogens with zero attached hydrogens (tertiary/aromatic N) is 2. The van der Waals surface area contributed by atoms with E-state index in [9.17, 15) is 18.0 Å². The molecule has 0 aliphatic carbocycles. The zero-order valence-electron chi connectivity index (χ0n) is 19.4. The number of halogens is 3. The average molecular weight is 475 g/mol. The molecule has 0 unspecified atom stereocenters. The van der Waals surface area contributed by atoms with Crippen molar-refractivity contribution < 1.29 is 18.0 Å². The van der Waals surface area contributed by atoms with Crippen molar-refractivity contribution in [2.45, 2.75) is 52.1 Å². The molecule has 1 aromatic heterocycles. The lowest BCUT2D eigenvalue weighted by molar-refractivity contribution is -0.137. The average Bonchev–Trinajstić information content (AvgIpc) is 3.22. The molecule has 0 aliphatic heterocycles. The lowest BCUT2D eigenvalue weighted by Gasteiger charge is -2.18. The Morgan fingerprint density at radius 1 is 1.06 bits per heavy atom. The molecule has 0 fully saturated rings. The molecule has 0 atom stereocenters. The number of benzene rings is 2. The molecule has 0 saturated carbocycles. The van der Waals surface area contributed by atoms with Gasteiger partial charge in [-0.05, 0) is 55.2 Å². The zero-order chi connectivity index (χ0) is 24.2. The number of carbonyl (C=O) groups excluding carboxylic acids is 1. The SMILES string of the molecule is CCCN(C)c1ccc(C(=O)CCc2sc(-c3ccc(C(F)(F)F)cc3)nc2C(C)C)cc1. The highest BCUT2D eigenvalue weighted by Gasteiger charge is 2.30. The van der Waals surface area contributed by atoms with Crippen LogP contribution in [0, 0.1) is 0 Å². The Hall–Kier alpha value is -2.67. The summed E-state index contributed by atoms with van der Waals surface area (Å²) in [6, 6.07) is 12.7. The number of Topliss-reactive ketones (excluding diaryl/α,β-unsaturated/α-hetero) is 1. The third-order valence-corrected chi connectivity index (χ3v) is 6.68. The maximum Gasteiger partial charge on any atom is 0.416 e. The van der Waals surface area contributed by atoms with Crippen molar-refractivity contribution in [1.82, 2.24) is 4.98 Å². The van der Waals surface area contributed by atoms with Gasteiger partial charge >= 0.3 is 6.18 Å². The van der Waals surface area contributed by atoms with Crippen LogP contribution in [0.5, 0.6) is 0 Å². The van der Waals surface area contributed by atoms with Crippen LogP contribution in [0.25, 0.3) is 10.6 Å². The minimum atomic E-state index is -4.36.